The summed E-state index contributed by atoms with van der Waals surface area (Å²) >= 11 is 0. The van der Waals surface area contributed by atoms with Crippen molar-refractivity contribution >= 4 is 31.4 Å². The van der Waals surface area contributed by atoms with Gasteiger partial charge in [-0.25, -0.2) is 19.6 Å². The van der Waals surface area contributed by atoms with Crippen LogP contribution in [-0.2, 0) is 23.3 Å². The number of nitrogens with one attached hydrogen (secondary N) is 1. The highest BCUT2D eigenvalue weighted by Crippen LogP contribution is 2.50. The summed E-state index contributed by atoms with van der Waals surface area (Å²) in [6, 6.07) is 9.45. The number of hydrogen-bond donors (Lipinski definition) is 2. The normalized spacial score (nSPS) is 21.2. The summed E-state index contributed by atoms with van der Waals surface area (Å²) in [7, 11) is 1.43. The largest absolute Gasteiger partial charge is 0.484 e. The summed E-state index contributed by atoms with van der Waals surface area (Å²) in [5.74, 6) is 0.452. The first-order valence-corrected chi connectivity index (χ1v) is 15.8. The minimum atomic E-state index is -1.46. The lowest BCUT2D eigenvalue weighted by molar-refractivity contribution is -0.118. The highest BCUT2D eigenvalue weighted by Gasteiger charge is 2.48. The van der Waals surface area contributed by atoms with Gasteiger partial charge in [-0.15, -0.1) is 0 Å². The topological polar surface area (TPSA) is 142 Å². The van der Waals surface area contributed by atoms with Crippen molar-refractivity contribution < 1.29 is 34.5 Å². The molecule has 1 aliphatic rings. The van der Waals surface area contributed by atoms with E-state index in [4.69, 9.17) is 26.1 Å². The standard InChI is InChI=1S/C29H43N6O6P.CH4O/c1-8-9-15-39-42(35(19(2)3)20(4)5)41-25-21(6)40-29(26(25)37-7)34-18-32-24-27(30-17-31-28(24)34)33-23(36)16-38-22-13-11-10-12-14-22;1-2/h10-14,17-21,25-26,29H,8-9,15-16H2,1-7H3,(H,30,31,33,36);2H,1H3/i6D;2T. The molecule has 0 spiro atoms. The number of aromatic nitrogens is 4. The van der Waals surface area contributed by atoms with Gasteiger partial charge in [0.15, 0.2) is 29.8 Å². The number of aliphatic hydroxyl groups is 1. The molecular weight excluding hydrogens is 587 g/mol. The predicted octanol–water partition coefficient (Wildman–Crippen LogP) is 4.93. The number of imidazole rings is 1. The molecule has 0 aliphatic carbocycles. The van der Waals surface area contributed by atoms with Crippen LogP contribution in [0.2, 0.25) is 0 Å². The lowest BCUT2D eigenvalue weighted by atomic mass is 10.1. The first-order chi connectivity index (χ1) is 22.2. The average Bonchev–Trinajstić information content (AvgIpc) is 3.62. The van der Waals surface area contributed by atoms with Gasteiger partial charge in [-0.3, -0.25) is 9.36 Å². The van der Waals surface area contributed by atoms with E-state index in [0.29, 0.717) is 23.5 Å². The summed E-state index contributed by atoms with van der Waals surface area (Å²) in [6.45, 7) is 10.9. The number of nitrogens with zero attached hydrogens (tertiary/aromatic N) is 5. The zero-order valence-electron chi connectivity index (χ0n) is 28.6. The Morgan fingerprint density at radius 1 is 1.23 bits per heavy atom. The van der Waals surface area contributed by atoms with E-state index in [0.717, 1.165) is 12.8 Å². The summed E-state index contributed by atoms with van der Waals surface area (Å²) in [6.07, 6.45) is 2.43. The van der Waals surface area contributed by atoms with Gasteiger partial charge in [-0.2, -0.15) is 0 Å². The van der Waals surface area contributed by atoms with E-state index in [2.05, 4.69) is 64.7 Å². The number of rotatable bonds is 15. The Labute approximate surface area is 264 Å². The van der Waals surface area contributed by atoms with Gasteiger partial charge in [0.1, 0.15) is 24.3 Å². The number of carbonyl (C=O) groups excluding carboxylic acids is 1. The molecule has 5 atom stereocenters. The Morgan fingerprint density at radius 2 is 1.95 bits per heavy atom. The smallest absolute Gasteiger partial charge is 0.263 e. The first kappa shape index (κ1) is 32.6. The van der Waals surface area contributed by atoms with Crippen LogP contribution < -0.4 is 10.1 Å². The molecule has 14 heteroatoms. The summed E-state index contributed by atoms with van der Waals surface area (Å²) < 4.78 is 48.8. The Hall–Kier alpha value is -2.77. The third kappa shape index (κ3) is 8.91. The molecule has 5 unspecified atom stereocenters. The van der Waals surface area contributed by atoms with Crippen LogP contribution in [0.15, 0.2) is 43.0 Å². The number of benzene rings is 1. The van der Waals surface area contributed by atoms with Gasteiger partial charge in [-0.1, -0.05) is 31.5 Å². The molecule has 1 fully saturated rings. The lowest BCUT2D eigenvalue weighted by Crippen LogP contribution is -2.39. The van der Waals surface area contributed by atoms with E-state index < -0.39 is 33.1 Å². The molecule has 2 aromatic heterocycles. The number of fused-ring (bicyclic) bond motifs is 1. The van der Waals surface area contributed by atoms with Crippen LogP contribution in [0.25, 0.3) is 11.2 Å². The van der Waals surface area contributed by atoms with Gasteiger partial charge in [0.25, 0.3) is 14.4 Å². The van der Waals surface area contributed by atoms with Crippen molar-refractivity contribution in [2.45, 2.75) is 91.0 Å². The Balaban J connectivity index is 0.00000185. The molecule has 44 heavy (non-hydrogen) atoms. The van der Waals surface area contributed by atoms with E-state index in [1.165, 1.54) is 13.4 Å². The van der Waals surface area contributed by atoms with Crippen molar-refractivity contribution in [3.8, 4) is 5.75 Å². The maximum absolute atomic E-state index is 12.6. The van der Waals surface area contributed by atoms with E-state index in [1.807, 2.05) is 18.2 Å². The fraction of sp³-hybridized carbons (Fsp3) is 0.600. The number of carbonyl (C=O) groups is 1. The van der Waals surface area contributed by atoms with Crippen molar-refractivity contribution in [1.29, 1.82) is 1.43 Å². The van der Waals surface area contributed by atoms with Gasteiger partial charge in [0.05, 0.1) is 19.0 Å². The minimum Gasteiger partial charge on any atom is -0.484 e. The Morgan fingerprint density at radius 3 is 2.59 bits per heavy atom. The molecule has 1 amide bonds. The fourth-order valence-corrected chi connectivity index (χ4v) is 6.60. The second kappa shape index (κ2) is 17.6. The molecule has 13 nitrogen and oxygen atoms in total. The number of methoxy groups -OCH3 is 1. The highest BCUT2D eigenvalue weighted by molar-refractivity contribution is 7.44. The maximum Gasteiger partial charge on any atom is 0.263 e. The van der Waals surface area contributed by atoms with Gasteiger partial charge >= 0.3 is 0 Å². The van der Waals surface area contributed by atoms with Crippen LogP contribution in [0.1, 0.15) is 62.0 Å². The Bertz CT molecular complexity index is 1320. The quantitative estimate of drug-likeness (QED) is 0.173. The predicted molar refractivity (Wildman–Crippen MR) is 169 cm³/mol. The number of aliphatic hydroxyl groups excluding tert-OH is 1. The zero-order valence-corrected chi connectivity index (χ0v) is 27.5. The summed E-state index contributed by atoms with van der Waals surface area (Å²) in [5, 5.41) is 6.26. The maximum atomic E-state index is 12.6. The van der Waals surface area contributed by atoms with Crippen LogP contribution >= 0.6 is 8.53 Å². The summed E-state index contributed by atoms with van der Waals surface area (Å²) in [5.41, 5.74) is 0.829. The van der Waals surface area contributed by atoms with Gasteiger partial charge in [0, 0.05) is 27.7 Å². The number of hydrogen-bond acceptors (Lipinski definition) is 11. The van der Waals surface area contributed by atoms with E-state index in [-0.39, 0.29) is 37.3 Å². The number of unbranched alkanes of at least 4 members (excludes halogenated alkanes) is 1. The molecule has 0 bridgehead atoms. The number of amides is 1. The van der Waals surface area contributed by atoms with Crippen molar-refractivity contribution in [2.75, 3.05) is 32.8 Å². The highest BCUT2D eigenvalue weighted by atomic mass is 31.2. The molecule has 0 saturated carbocycles. The molecule has 3 heterocycles. The van der Waals surface area contributed by atoms with Crippen LogP contribution in [0.5, 0.6) is 5.75 Å². The molecule has 4 rings (SSSR count). The van der Waals surface area contributed by atoms with Gasteiger partial charge in [-0.05, 0) is 53.1 Å². The molecule has 3 aromatic rings. The summed E-state index contributed by atoms with van der Waals surface area (Å²) in [4.78, 5) is 25.8. The molecule has 1 aliphatic heterocycles. The number of anilines is 1. The van der Waals surface area contributed by atoms with Crippen molar-refractivity contribution in [3.05, 3.63) is 43.0 Å². The van der Waals surface area contributed by atoms with E-state index in [1.54, 1.807) is 30.1 Å². The first-order valence-electron chi connectivity index (χ1n) is 15.8. The van der Waals surface area contributed by atoms with Crippen molar-refractivity contribution in [1.82, 2.24) is 24.2 Å². The minimum absolute atomic E-state index is 0.0349. The third-order valence-corrected chi connectivity index (χ3v) is 8.85. The average molecular weight is 638 g/mol. The second-order valence-corrected chi connectivity index (χ2v) is 11.9. The SMILES string of the molecule is [2H]CC1OC(n2cnc3c(NC(=O)COc4ccccc4)ncnc32)C(OC)C1OP(OCCCC)N(C(C)C)C(C)C.[3H]OC. The number of ether oxygens (including phenoxy) is 3. The molecule has 0 radical (unpaired) electrons. The third-order valence-electron chi connectivity index (χ3n) is 6.72. The second-order valence-electron chi connectivity index (χ2n) is 10.5. The Kier molecular flexibility index (Phi) is 13.1. The van der Waals surface area contributed by atoms with Crippen LogP contribution in [0.4, 0.5) is 5.82 Å². The van der Waals surface area contributed by atoms with Crippen LogP contribution in [0.3, 0.4) is 0 Å². The van der Waals surface area contributed by atoms with Gasteiger partial charge in [0.2, 0.25) is 1.43 Å². The molecular formula is C30H47N6O7P. The number of para-hydroxylation sites is 1. The molecule has 244 valence electrons. The fourth-order valence-electron chi connectivity index (χ4n) is 4.79. The molecule has 2 N–H and O–H groups in total. The van der Waals surface area contributed by atoms with Crippen molar-refractivity contribution in [2.24, 2.45) is 0 Å². The monoisotopic (exact) mass is 637 g/mol. The van der Waals surface area contributed by atoms with Crippen molar-refractivity contribution in [3.63, 3.8) is 0 Å². The van der Waals surface area contributed by atoms with E-state index in [9.17, 15) is 4.79 Å². The van der Waals surface area contributed by atoms with E-state index >= 15 is 0 Å². The molecule has 1 aromatic carbocycles. The lowest BCUT2D eigenvalue weighted by Gasteiger charge is -2.38. The molecule has 1 saturated heterocycles. The van der Waals surface area contributed by atoms with Crippen LogP contribution in [0, 0.1) is 0 Å². The zero-order chi connectivity index (χ0) is 33.6. The van der Waals surface area contributed by atoms with Crippen LogP contribution in [-0.4, -0.2) is 94.5 Å². The van der Waals surface area contributed by atoms with Gasteiger partial charge < -0.3 is 33.7 Å².